The van der Waals surface area contributed by atoms with Gasteiger partial charge < -0.3 is 9.64 Å². The van der Waals surface area contributed by atoms with Crippen LogP contribution in [0.1, 0.15) is 24.2 Å². The number of ether oxygens (including phenoxy) is 1. The zero-order valence-corrected chi connectivity index (χ0v) is 13.6. The van der Waals surface area contributed by atoms with Crippen molar-refractivity contribution in [3.05, 3.63) is 48.0 Å². The van der Waals surface area contributed by atoms with Gasteiger partial charge in [-0.3, -0.25) is 4.40 Å². The number of aromatic nitrogens is 4. The van der Waals surface area contributed by atoms with Crippen LogP contribution in [0.2, 0.25) is 0 Å². The van der Waals surface area contributed by atoms with Crippen molar-refractivity contribution in [2.75, 3.05) is 18.0 Å². The van der Waals surface area contributed by atoms with Crippen molar-refractivity contribution >= 4 is 11.5 Å². The van der Waals surface area contributed by atoms with Crippen molar-refractivity contribution in [1.82, 2.24) is 19.6 Å². The van der Waals surface area contributed by atoms with E-state index in [1.165, 1.54) is 5.56 Å². The normalized spacial score (nSPS) is 22.8. The topological polar surface area (TPSA) is 55.5 Å². The van der Waals surface area contributed by atoms with E-state index in [2.05, 4.69) is 39.4 Å². The second-order valence-electron chi connectivity index (χ2n) is 6.79. The fraction of sp³-hybridized carbons (Fsp3) is 0.389. The molecule has 0 bridgehead atoms. The Bertz CT molecular complexity index is 921. The molecule has 1 atom stereocenters. The van der Waals surface area contributed by atoms with Crippen LogP contribution >= 0.6 is 0 Å². The van der Waals surface area contributed by atoms with E-state index >= 15 is 0 Å². The molecule has 0 radical (unpaired) electrons. The van der Waals surface area contributed by atoms with Gasteiger partial charge in [-0.25, -0.2) is 4.98 Å². The van der Waals surface area contributed by atoms with Crippen molar-refractivity contribution in [3.63, 3.8) is 0 Å². The van der Waals surface area contributed by atoms with Crippen LogP contribution in [0, 0.1) is 6.92 Å². The Hall–Kier alpha value is -2.63. The number of aryl methyl sites for hydroxylation is 2. The maximum absolute atomic E-state index is 6.43. The number of anilines is 1. The highest BCUT2D eigenvalue weighted by atomic mass is 16.5. The molecule has 5 rings (SSSR count). The van der Waals surface area contributed by atoms with E-state index < -0.39 is 0 Å². The molecule has 1 saturated heterocycles. The third-order valence-corrected chi connectivity index (χ3v) is 5.25. The maximum atomic E-state index is 6.43. The van der Waals surface area contributed by atoms with Crippen molar-refractivity contribution < 1.29 is 4.74 Å². The van der Waals surface area contributed by atoms with Crippen molar-refractivity contribution in [2.24, 2.45) is 0 Å². The minimum Gasteiger partial charge on any atom is -0.485 e. The molecular formula is C18H19N5O. The molecule has 1 spiro atoms. The molecule has 0 N–H and O–H groups in total. The molecule has 3 aromatic rings. The number of fused-ring (bicyclic) bond motifs is 2. The molecule has 0 saturated carbocycles. The van der Waals surface area contributed by atoms with E-state index in [4.69, 9.17) is 9.72 Å². The van der Waals surface area contributed by atoms with E-state index in [0.717, 1.165) is 55.4 Å². The van der Waals surface area contributed by atoms with Crippen molar-refractivity contribution in [1.29, 1.82) is 0 Å². The molecule has 1 fully saturated rings. The standard InChI is InChI=1S/C18H19N5O/c1-13-20-16(10-17-21-19-12-23(13)17)22-9-8-18(11-22)7-6-14-4-2-3-5-15(14)24-18/h2-5,10,12H,6-9,11H2,1H3/t18-/m1/s1. The highest BCUT2D eigenvalue weighted by Crippen LogP contribution is 2.39. The molecule has 0 amide bonds. The zero-order valence-electron chi connectivity index (χ0n) is 13.6. The number of para-hydroxylation sites is 1. The predicted octanol–water partition coefficient (Wildman–Crippen LogP) is 2.41. The van der Waals surface area contributed by atoms with Gasteiger partial charge in [0.05, 0.1) is 6.54 Å². The minimum absolute atomic E-state index is 0.0935. The lowest BCUT2D eigenvalue weighted by Gasteiger charge is -2.35. The van der Waals surface area contributed by atoms with Crippen LogP contribution in [0.3, 0.4) is 0 Å². The second-order valence-corrected chi connectivity index (χ2v) is 6.79. The Morgan fingerprint density at radius 2 is 2.12 bits per heavy atom. The van der Waals surface area contributed by atoms with Crippen LogP contribution in [0.15, 0.2) is 36.7 Å². The molecular weight excluding hydrogens is 302 g/mol. The molecule has 122 valence electrons. The highest BCUT2D eigenvalue weighted by Gasteiger charge is 2.43. The predicted molar refractivity (Wildman–Crippen MR) is 90.5 cm³/mol. The summed E-state index contributed by atoms with van der Waals surface area (Å²) in [5.41, 5.74) is 2.07. The van der Waals surface area contributed by atoms with E-state index in [9.17, 15) is 0 Å². The third kappa shape index (κ3) is 2.06. The molecule has 2 aliphatic rings. The number of rotatable bonds is 1. The van der Waals surface area contributed by atoms with E-state index in [0.29, 0.717) is 0 Å². The molecule has 0 unspecified atom stereocenters. The van der Waals surface area contributed by atoms with Gasteiger partial charge in [-0.15, -0.1) is 10.2 Å². The summed E-state index contributed by atoms with van der Waals surface area (Å²) in [5.74, 6) is 2.92. The first-order valence-electron chi connectivity index (χ1n) is 8.42. The smallest absolute Gasteiger partial charge is 0.165 e. The van der Waals surface area contributed by atoms with Gasteiger partial charge in [-0.1, -0.05) is 18.2 Å². The molecule has 6 nitrogen and oxygen atoms in total. The number of hydrogen-bond donors (Lipinski definition) is 0. The quantitative estimate of drug-likeness (QED) is 0.689. The van der Waals surface area contributed by atoms with E-state index in [1.54, 1.807) is 6.33 Å². The molecule has 6 heteroatoms. The molecule has 0 aliphatic carbocycles. The van der Waals surface area contributed by atoms with Gasteiger partial charge in [0.1, 0.15) is 29.3 Å². The fourth-order valence-electron chi connectivity index (χ4n) is 3.91. The zero-order chi connectivity index (χ0) is 16.1. The van der Waals surface area contributed by atoms with Gasteiger partial charge in [0, 0.05) is 19.0 Å². The summed E-state index contributed by atoms with van der Waals surface area (Å²) in [5, 5.41) is 8.13. The molecule has 2 aliphatic heterocycles. The Balaban J connectivity index is 1.44. The van der Waals surface area contributed by atoms with Crippen LogP contribution in [0.4, 0.5) is 5.82 Å². The first kappa shape index (κ1) is 13.8. The fourth-order valence-corrected chi connectivity index (χ4v) is 3.91. The van der Waals surface area contributed by atoms with Gasteiger partial charge >= 0.3 is 0 Å². The largest absolute Gasteiger partial charge is 0.485 e. The van der Waals surface area contributed by atoms with Gasteiger partial charge in [0.15, 0.2) is 5.65 Å². The molecule has 24 heavy (non-hydrogen) atoms. The summed E-state index contributed by atoms with van der Waals surface area (Å²) < 4.78 is 8.34. The summed E-state index contributed by atoms with van der Waals surface area (Å²) in [6.45, 7) is 3.82. The van der Waals surface area contributed by atoms with Crippen LogP contribution in [0.5, 0.6) is 5.75 Å². The minimum atomic E-state index is -0.0935. The average molecular weight is 321 g/mol. The highest BCUT2D eigenvalue weighted by molar-refractivity contribution is 5.52. The molecule has 1 aromatic carbocycles. The van der Waals surface area contributed by atoms with E-state index in [1.807, 2.05) is 17.4 Å². The van der Waals surface area contributed by atoms with E-state index in [-0.39, 0.29) is 5.60 Å². The van der Waals surface area contributed by atoms with Crippen LogP contribution < -0.4 is 9.64 Å². The van der Waals surface area contributed by atoms with Crippen LogP contribution in [0.25, 0.3) is 5.65 Å². The Kier molecular flexibility index (Phi) is 2.83. The van der Waals surface area contributed by atoms with Crippen LogP contribution in [-0.4, -0.2) is 38.3 Å². The Labute approximate surface area is 140 Å². The van der Waals surface area contributed by atoms with Gasteiger partial charge in [0.2, 0.25) is 0 Å². The van der Waals surface area contributed by atoms with Crippen LogP contribution in [-0.2, 0) is 6.42 Å². The van der Waals surface area contributed by atoms with Gasteiger partial charge in [0.25, 0.3) is 0 Å². The lowest BCUT2D eigenvalue weighted by Crippen LogP contribution is -2.42. The Morgan fingerprint density at radius 3 is 3.08 bits per heavy atom. The maximum Gasteiger partial charge on any atom is 0.165 e. The second kappa shape index (κ2) is 4.93. The summed E-state index contributed by atoms with van der Waals surface area (Å²) in [7, 11) is 0. The summed E-state index contributed by atoms with van der Waals surface area (Å²) in [4.78, 5) is 7.05. The SMILES string of the molecule is Cc1nc(N2CC[C@]3(CCc4ccccc4O3)C2)cc2nncn12. The Morgan fingerprint density at radius 1 is 1.21 bits per heavy atom. The van der Waals surface area contributed by atoms with Crippen molar-refractivity contribution in [2.45, 2.75) is 31.8 Å². The first-order chi connectivity index (χ1) is 11.7. The summed E-state index contributed by atoms with van der Waals surface area (Å²) in [6.07, 6.45) is 4.88. The number of benzene rings is 1. The summed E-state index contributed by atoms with van der Waals surface area (Å²) in [6, 6.07) is 10.4. The lowest BCUT2D eigenvalue weighted by atomic mass is 9.90. The average Bonchev–Trinajstić information content (AvgIpc) is 3.22. The lowest BCUT2D eigenvalue weighted by molar-refractivity contribution is 0.0682. The third-order valence-electron chi connectivity index (χ3n) is 5.25. The first-order valence-corrected chi connectivity index (χ1v) is 8.42. The number of hydrogen-bond acceptors (Lipinski definition) is 5. The molecule has 2 aromatic heterocycles. The summed E-state index contributed by atoms with van der Waals surface area (Å²) >= 11 is 0. The monoisotopic (exact) mass is 321 g/mol. The van der Waals surface area contributed by atoms with Crippen molar-refractivity contribution in [3.8, 4) is 5.75 Å². The number of nitrogens with zero attached hydrogens (tertiary/aromatic N) is 5. The van der Waals surface area contributed by atoms with Gasteiger partial charge in [-0.2, -0.15) is 0 Å². The molecule has 4 heterocycles. The van der Waals surface area contributed by atoms with Gasteiger partial charge in [-0.05, 0) is 31.4 Å².